The fourth-order valence-electron chi connectivity index (χ4n) is 3.37. The van der Waals surface area contributed by atoms with Crippen LogP contribution >= 0.6 is 0 Å². The number of rotatable bonds is 7. The Kier molecular flexibility index (Phi) is 7.17. The quantitative estimate of drug-likeness (QED) is 0.779. The summed E-state index contributed by atoms with van der Waals surface area (Å²) in [6.07, 6.45) is 0.849. The Bertz CT molecular complexity index is 605. The maximum atomic E-state index is 12.3. The molecule has 144 valence electrons. The number of nitrogens with one attached hydrogen (secondary N) is 1. The predicted molar refractivity (Wildman–Crippen MR) is 100 cm³/mol. The minimum Gasteiger partial charge on any atom is -0.480 e. The molecule has 0 aliphatic carbocycles. The molecule has 1 aliphatic heterocycles. The van der Waals surface area contributed by atoms with Gasteiger partial charge in [0, 0.05) is 25.2 Å². The topological polar surface area (TPSA) is 78.9 Å². The van der Waals surface area contributed by atoms with Crippen molar-refractivity contribution < 1.29 is 19.4 Å². The summed E-state index contributed by atoms with van der Waals surface area (Å²) >= 11 is 0. The molecule has 26 heavy (non-hydrogen) atoms. The molecule has 1 aliphatic rings. The summed E-state index contributed by atoms with van der Waals surface area (Å²) in [5, 5.41) is 11.9. The van der Waals surface area contributed by atoms with E-state index in [0.29, 0.717) is 12.0 Å². The minimum absolute atomic E-state index is 0.192. The number of benzene rings is 1. The lowest BCUT2D eigenvalue weighted by molar-refractivity contribution is -0.139. The SMILES string of the molecule is CC(C)C[C@H](NC(=O)c1ccc(CN2C[C@H](C)O[C@@H](C)C2)cc1)C(=O)O. The van der Waals surface area contributed by atoms with Gasteiger partial charge in [0.15, 0.2) is 0 Å². The normalized spacial score (nSPS) is 22.2. The Balaban J connectivity index is 1.95. The van der Waals surface area contributed by atoms with Crippen molar-refractivity contribution in [3.8, 4) is 0 Å². The highest BCUT2D eigenvalue weighted by Crippen LogP contribution is 2.15. The van der Waals surface area contributed by atoms with E-state index in [2.05, 4.69) is 24.1 Å². The molecule has 1 saturated heterocycles. The van der Waals surface area contributed by atoms with Crippen molar-refractivity contribution in [2.45, 2.75) is 58.9 Å². The zero-order valence-corrected chi connectivity index (χ0v) is 16.1. The molecule has 1 fully saturated rings. The molecule has 0 bridgehead atoms. The molecule has 0 radical (unpaired) electrons. The number of ether oxygens (including phenoxy) is 1. The van der Waals surface area contributed by atoms with Gasteiger partial charge in [-0.05, 0) is 43.9 Å². The molecular formula is C20H30N2O4. The van der Waals surface area contributed by atoms with Crippen LogP contribution in [0.3, 0.4) is 0 Å². The molecule has 0 saturated carbocycles. The molecule has 0 spiro atoms. The van der Waals surface area contributed by atoms with Crippen LogP contribution in [0.15, 0.2) is 24.3 Å². The molecule has 1 aromatic carbocycles. The smallest absolute Gasteiger partial charge is 0.326 e. The van der Waals surface area contributed by atoms with Crippen LogP contribution in [0.5, 0.6) is 0 Å². The monoisotopic (exact) mass is 362 g/mol. The second kappa shape index (κ2) is 9.14. The molecule has 0 unspecified atom stereocenters. The van der Waals surface area contributed by atoms with Crippen LogP contribution in [0.4, 0.5) is 0 Å². The summed E-state index contributed by atoms with van der Waals surface area (Å²) in [6, 6.07) is 6.51. The van der Waals surface area contributed by atoms with E-state index in [1.54, 1.807) is 12.1 Å². The van der Waals surface area contributed by atoms with E-state index in [0.717, 1.165) is 25.2 Å². The van der Waals surface area contributed by atoms with Crippen LogP contribution < -0.4 is 5.32 Å². The fraction of sp³-hybridized carbons (Fsp3) is 0.600. The lowest BCUT2D eigenvalue weighted by atomic mass is 10.0. The van der Waals surface area contributed by atoms with Crippen LogP contribution in [0.2, 0.25) is 0 Å². The molecule has 1 heterocycles. The number of nitrogens with zero attached hydrogens (tertiary/aromatic N) is 1. The third kappa shape index (κ3) is 6.11. The highest BCUT2D eigenvalue weighted by Gasteiger charge is 2.23. The predicted octanol–water partition coefficient (Wildman–Crippen LogP) is 2.52. The summed E-state index contributed by atoms with van der Waals surface area (Å²) < 4.78 is 5.75. The highest BCUT2D eigenvalue weighted by molar-refractivity contribution is 5.96. The third-order valence-electron chi connectivity index (χ3n) is 4.43. The van der Waals surface area contributed by atoms with Crippen molar-refractivity contribution in [2.24, 2.45) is 5.92 Å². The fourth-order valence-corrected chi connectivity index (χ4v) is 3.37. The van der Waals surface area contributed by atoms with Crippen LogP contribution in [0.25, 0.3) is 0 Å². The first-order chi connectivity index (χ1) is 12.2. The summed E-state index contributed by atoms with van der Waals surface area (Å²) in [6.45, 7) is 10.6. The zero-order valence-electron chi connectivity index (χ0n) is 16.1. The minimum atomic E-state index is -1.00. The second-order valence-electron chi connectivity index (χ2n) is 7.64. The van der Waals surface area contributed by atoms with Gasteiger partial charge in [0.25, 0.3) is 5.91 Å². The first kappa shape index (κ1) is 20.4. The lowest BCUT2D eigenvalue weighted by Gasteiger charge is -2.35. The van der Waals surface area contributed by atoms with Gasteiger partial charge < -0.3 is 15.2 Å². The Morgan fingerprint density at radius 1 is 1.19 bits per heavy atom. The van der Waals surface area contributed by atoms with E-state index < -0.39 is 12.0 Å². The van der Waals surface area contributed by atoms with Gasteiger partial charge >= 0.3 is 5.97 Å². The van der Waals surface area contributed by atoms with E-state index in [9.17, 15) is 14.7 Å². The number of amides is 1. The second-order valence-corrected chi connectivity index (χ2v) is 7.64. The molecular weight excluding hydrogens is 332 g/mol. The van der Waals surface area contributed by atoms with Crippen molar-refractivity contribution in [3.63, 3.8) is 0 Å². The van der Waals surface area contributed by atoms with E-state index in [4.69, 9.17) is 4.74 Å². The lowest BCUT2D eigenvalue weighted by Crippen LogP contribution is -2.44. The van der Waals surface area contributed by atoms with E-state index in [1.165, 1.54) is 0 Å². The molecule has 6 heteroatoms. The number of aliphatic carboxylic acids is 1. The van der Waals surface area contributed by atoms with Gasteiger partial charge in [0.2, 0.25) is 0 Å². The molecule has 6 nitrogen and oxygen atoms in total. The Morgan fingerprint density at radius 2 is 1.77 bits per heavy atom. The van der Waals surface area contributed by atoms with Gasteiger partial charge in [-0.15, -0.1) is 0 Å². The summed E-state index contributed by atoms with van der Waals surface area (Å²) in [7, 11) is 0. The Hall–Kier alpha value is -1.92. The van der Waals surface area contributed by atoms with Crippen molar-refractivity contribution in [1.29, 1.82) is 0 Å². The standard InChI is InChI=1S/C20H30N2O4/c1-13(2)9-18(20(24)25)21-19(23)17-7-5-16(6-8-17)12-22-10-14(3)26-15(4)11-22/h5-8,13-15,18H,9-12H2,1-4H3,(H,21,23)(H,24,25)/t14-,15-,18-/m0/s1. The van der Waals surface area contributed by atoms with Crippen molar-refractivity contribution in [1.82, 2.24) is 10.2 Å². The van der Waals surface area contributed by atoms with Crippen LogP contribution in [-0.2, 0) is 16.1 Å². The molecule has 3 atom stereocenters. The first-order valence-corrected chi connectivity index (χ1v) is 9.25. The van der Waals surface area contributed by atoms with Crippen molar-refractivity contribution in [2.75, 3.05) is 13.1 Å². The maximum absolute atomic E-state index is 12.3. The number of hydrogen-bond donors (Lipinski definition) is 2. The van der Waals surface area contributed by atoms with Gasteiger partial charge in [0.1, 0.15) is 6.04 Å². The number of carbonyl (C=O) groups excluding carboxylic acids is 1. The number of carbonyl (C=O) groups is 2. The van der Waals surface area contributed by atoms with Gasteiger partial charge in [-0.2, -0.15) is 0 Å². The van der Waals surface area contributed by atoms with E-state index in [1.807, 2.05) is 26.0 Å². The van der Waals surface area contributed by atoms with Crippen molar-refractivity contribution in [3.05, 3.63) is 35.4 Å². The first-order valence-electron chi connectivity index (χ1n) is 9.25. The number of carboxylic acid groups (broad SMARTS) is 1. The molecule has 2 N–H and O–H groups in total. The van der Waals surface area contributed by atoms with Crippen LogP contribution in [-0.4, -0.2) is 53.2 Å². The molecule has 2 rings (SSSR count). The maximum Gasteiger partial charge on any atom is 0.326 e. The number of morpholine rings is 1. The summed E-state index contributed by atoms with van der Waals surface area (Å²) in [5.41, 5.74) is 1.60. The van der Waals surface area contributed by atoms with Gasteiger partial charge in [-0.1, -0.05) is 26.0 Å². The largest absolute Gasteiger partial charge is 0.480 e. The van der Waals surface area contributed by atoms with Gasteiger partial charge in [-0.3, -0.25) is 9.69 Å². The zero-order chi connectivity index (χ0) is 19.3. The molecule has 1 amide bonds. The summed E-state index contributed by atoms with van der Waals surface area (Å²) in [4.78, 5) is 26.0. The van der Waals surface area contributed by atoms with Crippen molar-refractivity contribution >= 4 is 11.9 Å². The molecule has 1 aromatic rings. The van der Waals surface area contributed by atoms with Crippen LogP contribution in [0, 0.1) is 5.92 Å². The average Bonchev–Trinajstić information content (AvgIpc) is 2.53. The van der Waals surface area contributed by atoms with E-state index in [-0.39, 0.29) is 24.0 Å². The van der Waals surface area contributed by atoms with Gasteiger partial charge in [0.05, 0.1) is 12.2 Å². The number of carboxylic acids is 1. The average molecular weight is 362 g/mol. The third-order valence-corrected chi connectivity index (χ3v) is 4.43. The van der Waals surface area contributed by atoms with Gasteiger partial charge in [-0.25, -0.2) is 4.79 Å². The molecule has 0 aromatic heterocycles. The highest BCUT2D eigenvalue weighted by atomic mass is 16.5. The number of hydrogen-bond acceptors (Lipinski definition) is 4. The Labute approximate surface area is 155 Å². The summed E-state index contributed by atoms with van der Waals surface area (Å²) in [5.74, 6) is -1.16. The van der Waals surface area contributed by atoms with E-state index >= 15 is 0 Å². The van der Waals surface area contributed by atoms with Crippen LogP contribution in [0.1, 0.15) is 50.0 Å². The Morgan fingerprint density at radius 3 is 2.27 bits per heavy atom.